The fourth-order valence-electron chi connectivity index (χ4n) is 3.13. The highest BCUT2D eigenvalue weighted by molar-refractivity contribution is 5.77. The highest BCUT2D eigenvalue weighted by Crippen LogP contribution is 2.36. The summed E-state index contributed by atoms with van der Waals surface area (Å²) in [6, 6.07) is 7.98. The van der Waals surface area contributed by atoms with Crippen LogP contribution in [0.3, 0.4) is 0 Å². The average Bonchev–Trinajstić information content (AvgIpc) is 3.19. The van der Waals surface area contributed by atoms with Crippen LogP contribution in [0.4, 0.5) is 10.3 Å². The zero-order valence-electron chi connectivity index (χ0n) is 17.3. The number of halogens is 1. The van der Waals surface area contributed by atoms with E-state index in [0.29, 0.717) is 28.9 Å². The first kappa shape index (κ1) is 20.9. The van der Waals surface area contributed by atoms with Crippen LogP contribution < -0.4 is 4.90 Å². The number of imidazole rings is 1. The van der Waals surface area contributed by atoms with E-state index >= 15 is 0 Å². The molecule has 10 heteroatoms. The van der Waals surface area contributed by atoms with Gasteiger partial charge < -0.3 is 24.5 Å². The van der Waals surface area contributed by atoms with E-state index in [4.69, 9.17) is 9.47 Å². The lowest BCUT2D eigenvalue weighted by atomic mass is 9.92. The van der Waals surface area contributed by atoms with Crippen molar-refractivity contribution in [2.45, 2.75) is 13.2 Å². The number of aromatic nitrogens is 4. The van der Waals surface area contributed by atoms with Crippen LogP contribution >= 0.6 is 0 Å². The van der Waals surface area contributed by atoms with Gasteiger partial charge in [0, 0.05) is 25.9 Å². The van der Waals surface area contributed by atoms with Gasteiger partial charge in [0.1, 0.15) is 16.9 Å². The number of H-pyrrole nitrogens is 1. The molecule has 2 aromatic heterocycles. The maximum atomic E-state index is 14.6. The molecule has 0 radical (unpaired) electrons. The van der Waals surface area contributed by atoms with Gasteiger partial charge in [0.05, 0.1) is 24.6 Å². The van der Waals surface area contributed by atoms with Crippen LogP contribution in [0, 0.1) is 11.2 Å². The molecule has 0 spiro atoms. The van der Waals surface area contributed by atoms with Gasteiger partial charge in [-0.15, -0.1) is 0 Å². The number of carbonyl (C=O) groups is 1. The Balaban J connectivity index is 1.76. The SMILES string of the molecule is CN(C)c1nccc(-c2[nH]c(C3OCC(C)(C(=O)O)CO3)nc2-c2ccccc2F)n1. The summed E-state index contributed by atoms with van der Waals surface area (Å²) in [4.78, 5) is 29.6. The normalized spacial score (nSPS) is 21.1. The molecule has 0 atom stereocenters. The Kier molecular flexibility index (Phi) is 5.42. The minimum Gasteiger partial charge on any atom is -0.481 e. The molecule has 0 unspecified atom stereocenters. The minimum absolute atomic E-state index is 0.0453. The van der Waals surface area contributed by atoms with Crippen LogP contribution in [0.15, 0.2) is 36.5 Å². The Morgan fingerprint density at radius 1 is 1.23 bits per heavy atom. The summed E-state index contributed by atoms with van der Waals surface area (Å²) < 4.78 is 25.9. The number of carboxylic acids is 1. The van der Waals surface area contributed by atoms with Gasteiger partial charge in [-0.05, 0) is 25.1 Å². The molecule has 0 bridgehead atoms. The van der Waals surface area contributed by atoms with Gasteiger partial charge in [0.25, 0.3) is 0 Å². The van der Waals surface area contributed by atoms with Gasteiger partial charge in [-0.2, -0.15) is 0 Å². The number of nitrogens with one attached hydrogen (secondary N) is 1. The molecule has 31 heavy (non-hydrogen) atoms. The molecule has 1 aromatic carbocycles. The van der Waals surface area contributed by atoms with E-state index in [0.717, 1.165) is 0 Å². The largest absolute Gasteiger partial charge is 0.481 e. The van der Waals surface area contributed by atoms with Crippen LogP contribution in [-0.2, 0) is 14.3 Å². The lowest BCUT2D eigenvalue weighted by molar-refractivity contribution is -0.236. The van der Waals surface area contributed by atoms with Crippen molar-refractivity contribution in [3.63, 3.8) is 0 Å². The molecule has 1 saturated heterocycles. The smallest absolute Gasteiger partial charge is 0.314 e. The second-order valence-corrected chi connectivity index (χ2v) is 7.78. The first-order chi connectivity index (χ1) is 14.8. The van der Waals surface area contributed by atoms with Crippen LogP contribution in [0.1, 0.15) is 19.0 Å². The van der Waals surface area contributed by atoms with Crippen molar-refractivity contribution in [1.29, 1.82) is 0 Å². The summed E-state index contributed by atoms with van der Waals surface area (Å²) in [5, 5.41) is 9.36. The van der Waals surface area contributed by atoms with Crippen molar-refractivity contribution in [3.05, 3.63) is 48.2 Å². The number of benzene rings is 1. The van der Waals surface area contributed by atoms with Gasteiger partial charge in [-0.3, -0.25) is 4.79 Å². The Bertz CT molecular complexity index is 1110. The molecule has 4 rings (SSSR count). The van der Waals surface area contributed by atoms with E-state index in [1.54, 1.807) is 42.3 Å². The number of aromatic amines is 1. The summed E-state index contributed by atoms with van der Waals surface area (Å²) in [7, 11) is 3.64. The van der Waals surface area contributed by atoms with Crippen molar-refractivity contribution >= 4 is 11.9 Å². The first-order valence-electron chi connectivity index (χ1n) is 9.60. The van der Waals surface area contributed by atoms with E-state index in [2.05, 4.69) is 19.9 Å². The Hall–Kier alpha value is -3.37. The summed E-state index contributed by atoms with van der Waals surface area (Å²) in [6.07, 6.45) is 0.691. The molecule has 2 N–H and O–H groups in total. The molecule has 0 aliphatic carbocycles. The predicted molar refractivity (Wildman–Crippen MR) is 110 cm³/mol. The molecule has 0 amide bonds. The monoisotopic (exact) mass is 427 g/mol. The molecule has 3 heterocycles. The zero-order valence-corrected chi connectivity index (χ0v) is 17.3. The standard InChI is InChI=1S/C21H22FN5O4/c1-21(19(28)29)10-30-18(31-11-21)17-25-15(12-6-4-5-7-13(12)22)16(26-17)14-8-9-23-20(24-14)27(2)3/h4-9,18H,10-11H2,1-3H3,(H,25,26)(H,28,29). The van der Waals surface area contributed by atoms with Crippen molar-refractivity contribution in [2.24, 2.45) is 5.41 Å². The predicted octanol–water partition coefficient (Wildman–Crippen LogP) is 2.88. The van der Waals surface area contributed by atoms with E-state index in [-0.39, 0.29) is 18.8 Å². The highest BCUT2D eigenvalue weighted by Gasteiger charge is 2.41. The van der Waals surface area contributed by atoms with E-state index in [1.807, 2.05) is 14.1 Å². The molecule has 162 valence electrons. The molecule has 1 aliphatic rings. The fourth-order valence-corrected chi connectivity index (χ4v) is 3.13. The lowest BCUT2D eigenvalue weighted by Crippen LogP contribution is -2.42. The average molecular weight is 427 g/mol. The first-order valence-corrected chi connectivity index (χ1v) is 9.60. The van der Waals surface area contributed by atoms with Crippen LogP contribution in [0.5, 0.6) is 0 Å². The van der Waals surface area contributed by atoms with Crippen LogP contribution in [0.25, 0.3) is 22.6 Å². The Morgan fingerprint density at radius 2 is 1.94 bits per heavy atom. The Morgan fingerprint density at radius 3 is 2.58 bits per heavy atom. The van der Waals surface area contributed by atoms with Crippen LogP contribution in [0.2, 0.25) is 0 Å². The molecular formula is C21H22FN5O4. The number of nitrogens with zero attached hydrogens (tertiary/aromatic N) is 4. The van der Waals surface area contributed by atoms with Crippen molar-refractivity contribution in [3.8, 4) is 22.6 Å². The molecule has 1 aliphatic heterocycles. The number of carboxylic acid groups (broad SMARTS) is 1. The van der Waals surface area contributed by atoms with Gasteiger partial charge in [-0.25, -0.2) is 19.3 Å². The number of anilines is 1. The van der Waals surface area contributed by atoms with Gasteiger partial charge >= 0.3 is 5.97 Å². The van der Waals surface area contributed by atoms with E-state index in [1.165, 1.54) is 6.07 Å². The van der Waals surface area contributed by atoms with Crippen LogP contribution in [-0.4, -0.2) is 58.3 Å². The summed E-state index contributed by atoms with van der Waals surface area (Å²) >= 11 is 0. The minimum atomic E-state index is -1.15. The highest BCUT2D eigenvalue weighted by atomic mass is 19.1. The molecule has 3 aromatic rings. The van der Waals surface area contributed by atoms with Gasteiger partial charge in [-0.1, -0.05) is 12.1 Å². The third-order valence-electron chi connectivity index (χ3n) is 5.00. The summed E-state index contributed by atoms with van der Waals surface area (Å²) in [5.74, 6) is -0.663. The van der Waals surface area contributed by atoms with Crippen molar-refractivity contribution < 1.29 is 23.8 Å². The van der Waals surface area contributed by atoms with E-state index < -0.39 is 23.5 Å². The topological polar surface area (TPSA) is 113 Å². The third-order valence-corrected chi connectivity index (χ3v) is 5.00. The van der Waals surface area contributed by atoms with E-state index in [9.17, 15) is 14.3 Å². The van der Waals surface area contributed by atoms with Gasteiger partial charge in [0.15, 0.2) is 5.82 Å². The molecular weight excluding hydrogens is 405 g/mol. The molecule has 0 saturated carbocycles. The van der Waals surface area contributed by atoms with Crippen molar-refractivity contribution in [2.75, 3.05) is 32.2 Å². The number of rotatable bonds is 5. The Labute approximate surface area is 177 Å². The summed E-state index contributed by atoms with van der Waals surface area (Å²) in [6.45, 7) is 1.46. The fraction of sp³-hybridized carbons (Fsp3) is 0.333. The quantitative estimate of drug-likeness (QED) is 0.639. The molecule has 9 nitrogen and oxygen atoms in total. The number of ether oxygens (including phenoxy) is 2. The van der Waals surface area contributed by atoms with Crippen molar-refractivity contribution in [1.82, 2.24) is 19.9 Å². The second-order valence-electron chi connectivity index (χ2n) is 7.78. The third kappa shape index (κ3) is 3.99. The maximum Gasteiger partial charge on any atom is 0.314 e. The lowest BCUT2D eigenvalue weighted by Gasteiger charge is -2.33. The number of aliphatic carboxylic acids is 1. The number of hydrogen-bond donors (Lipinski definition) is 2. The zero-order chi connectivity index (χ0) is 22.2. The van der Waals surface area contributed by atoms with Gasteiger partial charge in [0.2, 0.25) is 12.2 Å². The number of hydrogen-bond acceptors (Lipinski definition) is 7. The second kappa shape index (κ2) is 8.05. The maximum absolute atomic E-state index is 14.6. The molecule has 1 fully saturated rings. The summed E-state index contributed by atoms with van der Waals surface area (Å²) in [5.41, 5.74) is 0.478.